The number of hydrogen-bond donors (Lipinski definition) is 0. The van der Waals surface area contributed by atoms with Crippen LogP contribution in [0.15, 0.2) is 54.1 Å². The third-order valence-corrected chi connectivity index (χ3v) is 4.00. The molecule has 3 rings (SSSR count). The van der Waals surface area contributed by atoms with Gasteiger partial charge in [-0.1, -0.05) is 72.6 Å². The molecule has 0 fully saturated rings. The second-order valence-corrected chi connectivity index (χ2v) is 5.25. The van der Waals surface area contributed by atoms with E-state index in [4.69, 9.17) is 11.6 Å². The summed E-state index contributed by atoms with van der Waals surface area (Å²) in [7, 11) is 0. The van der Waals surface area contributed by atoms with E-state index in [1.807, 2.05) is 12.1 Å². The topological polar surface area (TPSA) is 0 Å². The smallest absolute Gasteiger partial charge is 0.0449 e. The van der Waals surface area contributed by atoms with Crippen LogP contribution in [0.5, 0.6) is 0 Å². The fourth-order valence-electron chi connectivity index (χ4n) is 2.68. The normalized spacial score (nSPS) is 17.4. The molecule has 18 heavy (non-hydrogen) atoms. The van der Waals surface area contributed by atoms with Crippen molar-refractivity contribution in [2.24, 2.45) is 0 Å². The van der Waals surface area contributed by atoms with E-state index in [-0.39, 0.29) is 0 Å². The first-order valence-corrected chi connectivity index (χ1v) is 6.66. The van der Waals surface area contributed by atoms with Crippen LogP contribution in [0, 0.1) is 0 Å². The lowest BCUT2D eigenvalue weighted by atomic mass is 9.93. The minimum atomic E-state index is 0.425. The second-order valence-electron chi connectivity index (χ2n) is 4.85. The molecule has 0 spiro atoms. The summed E-state index contributed by atoms with van der Waals surface area (Å²) in [5, 5.41) is 0.888. The van der Waals surface area contributed by atoms with E-state index in [9.17, 15) is 0 Å². The van der Waals surface area contributed by atoms with Crippen LogP contribution in [0.25, 0.3) is 6.08 Å². The van der Waals surface area contributed by atoms with Crippen molar-refractivity contribution in [2.75, 3.05) is 0 Å². The molecule has 90 valence electrons. The Morgan fingerprint density at radius 1 is 1.00 bits per heavy atom. The molecule has 0 radical (unpaired) electrons. The first kappa shape index (κ1) is 11.6. The Labute approximate surface area is 113 Å². The highest BCUT2D eigenvalue weighted by molar-refractivity contribution is 6.31. The molecule has 0 heterocycles. The van der Waals surface area contributed by atoms with Crippen molar-refractivity contribution >= 4 is 17.7 Å². The molecule has 2 aromatic rings. The van der Waals surface area contributed by atoms with Crippen molar-refractivity contribution in [3.05, 3.63) is 75.8 Å². The summed E-state index contributed by atoms with van der Waals surface area (Å²) in [6.45, 7) is 2.24. The maximum absolute atomic E-state index is 6.30. The van der Waals surface area contributed by atoms with E-state index < -0.39 is 0 Å². The van der Waals surface area contributed by atoms with Gasteiger partial charge in [-0.05, 0) is 29.2 Å². The maximum atomic E-state index is 6.30. The number of allylic oxidation sites excluding steroid dienone is 1. The second kappa shape index (κ2) is 4.62. The third-order valence-electron chi connectivity index (χ3n) is 3.67. The zero-order valence-corrected chi connectivity index (χ0v) is 11.1. The zero-order chi connectivity index (χ0) is 12.5. The molecular formula is C17H15Cl. The predicted octanol–water partition coefficient (Wildman–Crippen LogP) is 5.08. The van der Waals surface area contributed by atoms with Gasteiger partial charge < -0.3 is 0 Å². The molecule has 0 aromatic heterocycles. The van der Waals surface area contributed by atoms with Gasteiger partial charge in [0.2, 0.25) is 0 Å². The highest BCUT2D eigenvalue weighted by atomic mass is 35.5. The van der Waals surface area contributed by atoms with Gasteiger partial charge in [0.1, 0.15) is 0 Å². The summed E-state index contributed by atoms with van der Waals surface area (Å²) in [6.07, 6.45) is 3.30. The lowest BCUT2D eigenvalue weighted by Crippen LogP contribution is -1.97. The summed E-state index contributed by atoms with van der Waals surface area (Å²) < 4.78 is 0. The number of rotatable bonds is 2. The summed E-state index contributed by atoms with van der Waals surface area (Å²) in [5.41, 5.74) is 5.37. The quantitative estimate of drug-likeness (QED) is 0.701. The van der Waals surface area contributed by atoms with Crippen LogP contribution in [-0.4, -0.2) is 0 Å². The van der Waals surface area contributed by atoms with Crippen LogP contribution in [0.1, 0.15) is 29.5 Å². The fourth-order valence-corrected chi connectivity index (χ4v) is 3.03. The van der Waals surface area contributed by atoms with Gasteiger partial charge in [-0.25, -0.2) is 0 Å². The van der Waals surface area contributed by atoms with Gasteiger partial charge in [0.05, 0.1) is 0 Å². The largest absolute Gasteiger partial charge is 0.0840 e. The van der Waals surface area contributed by atoms with Crippen LogP contribution >= 0.6 is 11.6 Å². The van der Waals surface area contributed by atoms with Crippen molar-refractivity contribution in [2.45, 2.75) is 19.3 Å². The standard InChI is InChI=1S/C17H15Cl/c1-12-15(10-13-6-3-2-4-7-13)11-14-8-5-9-16(18)17(12)14/h2-9,11-12H,10H2,1H3. The average molecular weight is 255 g/mol. The first-order valence-electron chi connectivity index (χ1n) is 6.28. The van der Waals surface area contributed by atoms with Crippen molar-refractivity contribution in [3.63, 3.8) is 0 Å². The van der Waals surface area contributed by atoms with Gasteiger partial charge in [0, 0.05) is 10.9 Å². The molecule has 1 aliphatic carbocycles. The number of halogens is 1. The Kier molecular flexibility index (Phi) is 2.97. The minimum Gasteiger partial charge on any atom is -0.0840 e. The molecule has 0 saturated heterocycles. The average Bonchev–Trinajstić information content (AvgIpc) is 2.69. The summed E-state index contributed by atoms with van der Waals surface area (Å²) >= 11 is 6.30. The monoisotopic (exact) mass is 254 g/mol. The predicted molar refractivity (Wildman–Crippen MR) is 78.0 cm³/mol. The molecule has 0 N–H and O–H groups in total. The summed E-state index contributed by atoms with van der Waals surface area (Å²) in [6, 6.07) is 16.8. The fraction of sp³-hybridized carbons (Fsp3) is 0.176. The number of fused-ring (bicyclic) bond motifs is 1. The van der Waals surface area contributed by atoms with Crippen molar-refractivity contribution in [1.82, 2.24) is 0 Å². The van der Waals surface area contributed by atoms with E-state index in [1.54, 1.807) is 0 Å². The van der Waals surface area contributed by atoms with Crippen molar-refractivity contribution in [3.8, 4) is 0 Å². The molecule has 0 nitrogen and oxygen atoms in total. The Morgan fingerprint density at radius 3 is 2.50 bits per heavy atom. The highest BCUT2D eigenvalue weighted by Crippen LogP contribution is 2.41. The number of hydrogen-bond acceptors (Lipinski definition) is 0. The van der Waals surface area contributed by atoms with Gasteiger partial charge in [0.25, 0.3) is 0 Å². The van der Waals surface area contributed by atoms with Gasteiger partial charge in [0.15, 0.2) is 0 Å². The van der Waals surface area contributed by atoms with Crippen LogP contribution in [0.3, 0.4) is 0 Å². The molecule has 1 atom stereocenters. The molecule has 1 unspecified atom stereocenters. The number of benzene rings is 2. The van der Waals surface area contributed by atoms with Crippen molar-refractivity contribution in [1.29, 1.82) is 0 Å². The van der Waals surface area contributed by atoms with Crippen LogP contribution in [0.2, 0.25) is 5.02 Å². The van der Waals surface area contributed by atoms with E-state index >= 15 is 0 Å². The van der Waals surface area contributed by atoms with Gasteiger partial charge >= 0.3 is 0 Å². The van der Waals surface area contributed by atoms with Crippen LogP contribution < -0.4 is 0 Å². The molecule has 1 heteroatoms. The molecule has 0 aliphatic heterocycles. The SMILES string of the molecule is CC1C(Cc2ccccc2)=Cc2cccc(Cl)c21. The van der Waals surface area contributed by atoms with Crippen LogP contribution in [-0.2, 0) is 6.42 Å². The molecular weight excluding hydrogens is 240 g/mol. The minimum absolute atomic E-state index is 0.425. The maximum Gasteiger partial charge on any atom is 0.0449 e. The van der Waals surface area contributed by atoms with E-state index in [1.165, 1.54) is 22.3 Å². The van der Waals surface area contributed by atoms with Gasteiger partial charge in [-0.15, -0.1) is 0 Å². The van der Waals surface area contributed by atoms with Gasteiger partial charge in [-0.3, -0.25) is 0 Å². The molecule has 2 aromatic carbocycles. The van der Waals surface area contributed by atoms with E-state index in [0.29, 0.717) is 5.92 Å². The Hall–Kier alpha value is -1.53. The third kappa shape index (κ3) is 1.97. The van der Waals surface area contributed by atoms with Crippen molar-refractivity contribution < 1.29 is 0 Å². The highest BCUT2D eigenvalue weighted by Gasteiger charge is 2.23. The van der Waals surface area contributed by atoms with E-state index in [0.717, 1.165) is 11.4 Å². The lowest BCUT2D eigenvalue weighted by Gasteiger charge is -2.12. The Morgan fingerprint density at radius 2 is 1.78 bits per heavy atom. The summed E-state index contributed by atoms with van der Waals surface area (Å²) in [4.78, 5) is 0. The zero-order valence-electron chi connectivity index (χ0n) is 10.4. The Balaban J connectivity index is 1.92. The molecule has 0 saturated carbocycles. The molecule has 0 amide bonds. The summed E-state index contributed by atoms with van der Waals surface area (Å²) in [5.74, 6) is 0.425. The van der Waals surface area contributed by atoms with E-state index in [2.05, 4.69) is 49.4 Å². The van der Waals surface area contributed by atoms with Crippen LogP contribution in [0.4, 0.5) is 0 Å². The molecule has 1 aliphatic rings. The first-order chi connectivity index (χ1) is 8.75. The van der Waals surface area contributed by atoms with Gasteiger partial charge in [-0.2, -0.15) is 0 Å². The molecule has 0 bridgehead atoms. The lowest BCUT2D eigenvalue weighted by molar-refractivity contribution is 0.879. The Bertz CT molecular complexity index is 596.